The van der Waals surface area contributed by atoms with E-state index in [0.717, 1.165) is 12.0 Å². The predicted molar refractivity (Wildman–Crippen MR) is 104 cm³/mol. The average molecular weight is 381 g/mol. The number of aromatic nitrogens is 4. The molecule has 146 valence electrons. The number of methoxy groups -OCH3 is 1. The van der Waals surface area contributed by atoms with E-state index in [1.807, 2.05) is 49.0 Å². The van der Waals surface area contributed by atoms with Crippen molar-refractivity contribution < 1.29 is 9.53 Å². The van der Waals surface area contributed by atoms with Gasteiger partial charge in [-0.1, -0.05) is 25.1 Å². The fraction of sp³-hybridized carbons (Fsp3) is 0.300. The molecule has 0 aliphatic rings. The van der Waals surface area contributed by atoms with Crippen molar-refractivity contribution in [3.05, 3.63) is 76.2 Å². The minimum Gasteiger partial charge on any atom is -0.496 e. The second-order valence-corrected chi connectivity index (χ2v) is 6.32. The molecule has 2 heterocycles. The van der Waals surface area contributed by atoms with Crippen LogP contribution in [0.15, 0.2) is 53.6 Å². The van der Waals surface area contributed by atoms with E-state index in [9.17, 15) is 9.59 Å². The number of imidazole rings is 1. The van der Waals surface area contributed by atoms with E-state index in [1.165, 1.54) is 16.8 Å². The number of nitrogens with one attached hydrogen (secondary N) is 1. The van der Waals surface area contributed by atoms with Crippen LogP contribution in [0.1, 0.15) is 41.3 Å². The Kier molecular flexibility index (Phi) is 5.88. The maximum atomic E-state index is 12.9. The van der Waals surface area contributed by atoms with E-state index in [-0.39, 0.29) is 11.3 Å². The molecule has 1 unspecified atom stereocenters. The molecule has 0 saturated heterocycles. The van der Waals surface area contributed by atoms with Gasteiger partial charge in [-0.15, -0.1) is 0 Å². The number of para-hydroxylation sites is 1. The Morgan fingerprint density at radius 2 is 2.04 bits per heavy atom. The molecule has 8 nitrogen and oxygen atoms in total. The van der Waals surface area contributed by atoms with Gasteiger partial charge in [-0.05, 0) is 18.6 Å². The van der Waals surface area contributed by atoms with E-state index < -0.39 is 11.9 Å². The maximum absolute atomic E-state index is 12.9. The third-order valence-corrected chi connectivity index (χ3v) is 4.38. The lowest BCUT2D eigenvalue weighted by Crippen LogP contribution is -2.34. The molecule has 0 fully saturated rings. The number of aryl methyl sites for hydroxylation is 2. The fourth-order valence-corrected chi connectivity index (χ4v) is 2.99. The van der Waals surface area contributed by atoms with Crippen molar-refractivity contribution in [2.45, 2.75) is 25.9 Å². The molecule has 0 saturated carbocycles. The van der Waals surface area contributed by atoms with Gasteiger partial charge in [0.15, 0.2) is 0 Å². The molecule has 1 amide bonds. The van der Waals surface area contributed by atoms with Crippen LogP contribution in [0.4, 0.5) is 0 Å². The van der Waals surface area contributed by atoms with E-state index in [1.54, 1.807) is 13.3 Å². The molecule has 0 aliphatic carbocycles. The lowest BCUT2D eigenvalue weighted by Gasteiger charge is -2.21. The number of benzene rings is 1. The summed E-state index contributed by atoms with van der Waals surface area (Å²) in [5, 5.41) is 7.16. The zero-order chi connectivity index (χ0) is 20.1. The van der Waals surface area contributed by atoms with Crippen LogP contribution in [-0.4, -0.2) is 32.3 Å². The first-order chi connectivity index (χ1) is 13.5. The van der Waals surface area contributed by atoms with E-state index in [4.69, 9.17) is 4.74 Å². The number of carbonyl (C=O) groups excluding carboxylic acids is 1. The second kappa shape index (κ2) is 8.51. The van der Waals surface area contributed by atoms with Gasteiger partial charge >= 0.3 is 0 Å². The molecule has 1 N–H and O–H groups in total. The molecular formula is C20H23N5O3. The topological polar surface area (TPSA) is 91.0 Å². The van der Waals surface area contributed by atoms with Crippen molar-refractivity contribution in [1.29, 1.82) is 0 Å². The number of ether oxygens (including phenoxy) is 1. The number of carbonyl (C=O) groups is 1. The van der Waals surface area contributed by atoms with Gasteiger partial charge in [-0.2, -0.15) is 5.10 Å². The van der Waals surface area contributed by atoms with Crippen molar-refractivity contribution in [2.75, 3.05) is 7.11 Å². The molecular weight excluding hydrogens is 358 g/mol. The smallest absolute Gasteiger partial charge is 0.272 e. The van der Waals surface area contributed by atoms with Crippen LogP contribution in [0.2, 0.25) is 0 Å². The van der Waals surface area contributed by atoms with Gasteiger partial charge in [0.25, 0.3) is 11.5 Å². The summed E-state index contributed by atoms with van der Waals surface area (Å²) in [5.74, 6) is 0.892. The van der Waals surface area contributed by atoms with Gasteiger partial charge in [0.05, 0.1) is 7.11 Å². The highest BCUT2D eigenvalue weighted by Crippen LogP contribution is 2.29. The Labute approximate surface area is 162 Å². The first kappa shape index (κ1) is 19.3. The van der Waals surface area contributed by atoms with Crippen molar-refractivity contribution in [3.8, 4) is 5.75 Å². The van der Waals surface area contributed by atoms with Crippen LogP contribution in [0.5, 0.6) is 5.75 Å². The Morgan fingerprint density at radius 1 is 1.25 bits per heavy atom. The summed E-state index contributed by atoms with van der Waals surface area (Å²) in [4.78, 5) is 29.2. The number of nitrogens with zero attached hydrogens (tertiary/aromatic N) is 4. The van der Waals surface area contributed by atoms with Crippen LogP contribution < -0.4 is 15.6 Å². The van der Waals surface area contributed by atoms with E-state index in [2.05, 4.69) is 15.4 Å². The summed E-state index contributed by atoms with van der Waals surface area (Å²) in [6.45, 7) is 2.40. The zero-order valence-electron chi connectivity index (χ0n) is 16.1. The Balaban J connectivity index is 1.99. The lowest BCUT2D eigenvalue weighted by atomic mass is 10.0. The molecule has 0 aliphatic heterocycles. The van der Waals surface area contributed by atoms with Crippen LogP contribution in [-0.2, 0) is 13.6 Å². The Hall–Kier alpha value is -3.42. The van der Waals surface area contributed by atoms with Crippen LogP contribution in [0.25, 0.3) is 0 Å². The predicted octanol–water partition coefficient (Wildman–Crippen LogP) is 1.91. The maximum Gasteiger partial charge on any atom is 0.272 e. The Bertz CT molecular complexity index is 1020. The minimum atomic E-state index is -0.544. The number of hydrogen-bond donors (Lipinski definition) is 1. The first-order valence-electron chi connectivity index (χ1n) is 9.04. The van der Waals surface area contributed by atoms with Crippen LogP contribution in [0.3, 0.4) is 0 Å². The molecule has 0 spiro atoms. The molecule has 3 aromatic rings. The fourth-order valence-electron chi connectivity index (χ4n) is 2.99. The van der Waals surface area contributed by atoms with Crippen molar-refractivity contribution in [1.82, 2.24) is 24.6 Å². The summed E-state index contributed by atoms with van der Waals surface area (Å²) in [5.41, 5.74) is 0.709. The van der Waals surface area contributed by atoms with Gasteiger partial charge < -0.3 is 14.6 Å². The molecule has 1 aromatic carbocycles. The van der Waals surface area contributed by atoms with Gasteiger partial charge in [-0.3, -0.25) is 9.59 Å². The third-order valence-electron chi connectivity index (χ3n) is 4.38. The van der Waals surface area contributed by atoms with Gasteiger partial charge in [0.2, 0.25) is 0 Å². The lowest BCUT2D eigenvalue weighted by molar-refractivity contribution is 0.0933. The van der Waals surface area contributed by atoms with Crippen LogP contribution in [0, 0.1) is 0 Å². The molecule has 2 aromatic heterocycles. The van der Waals surface area contributed by atoms with E-state index >= 15 is 0 Å². The summed E-state index contributed by atoms with van der Waals surface area (Å²) in [7, 11) is 3.44. The summed E-state index contributed by atoms with van der Waals surface area (Å²) in [6.07, 6.45) is 4.22. The quantitative estimate of drug-likeness (QED) is 0.675. The summed E-state index contributed by atoms with van der Waals surface area (Å²) < 4.78 is 8.60. The highest BCUT2D eigenvalue weighted by molar-refractivity contribution is 5.92. The van der Waals surface area contributed by atoms with Crippen LogP contribution >= 0.6 is 0 Å². The highest BCUT2D eigenvalue weighted by Gasteiger charge is 2.25. The molecule has 8 heteroatoms. The number of amides is 1. The van der Waals surface area contributed by atoms with Gasteiger partial charge in [0.1, 0.15) is 23.3 Å². The van der Waals surface area contributed by atoms with E-state index in [0.29, 0.717) is 18.1 Å². The molecule has 1 atom stereocenters. The Morgan fingerprint density at radius 3 is 2.71 bits per heavy atom. The van der Waals surface area contributed by atoms with Crippen molar-refractivity contribution in [3.63, 3.8) is 0 Å². The molecule has 28 heavy (non-hydrogen) atoms. The second-order valence-electron chi connectivity index (χ2n) is 6.32. The third kappa shape index (κ3) is 3.95. The normalized spacial score (nSPS) is 11.8. The number of hydrogen-bond acceptors (Lipinski definition) is 5. The summed E-state index contributed by atoms with van der Waals surface area (Å²) in [6, 6.07) is 9.69. The average Bonchev–Trinajstić information content (AvgIpc) is 3.13. The van der Waals surface area contributed by atoms with Gasteiger partial charge in [0, 0.05) is 37.6 Å². The molecule has 3 rings (SSSR count). The first-order valence-corrected chi connectivity index (χ1v) is 9.04. The molecule has 0 radical (unpaired) electrons. The monoisotopic (exact) mass is 381 g/mol. The highest BCUT2D eigenvalue weighted by atomic mass is 16.5. The standard InChI is InChI=1S/C20H23N5O3/c1-4-12-25-17(26)10-9-15(23-25)20(27)22-18(19-21-11-13-24(19)2)14-7-5-6-8-16(14)28-3/h5-11,13,18H,4,12H2,1-3H3,(H,22,27). The summed E-state index contributed by atoms with van der Waals surface area (Å²) >= 11 is 0. The van der Waals surface area contributed by atoms with Crippen molar-refractivity contribution >= 4 is 5.91 Å². The van der Waals surface area contributed by atoms with Crippen molar-refractivity contribution in [2.24, 2.45) is 7.05 Å². The minimum absolute atomic E-state index is 0.169. The largest absolute Gasteiger partial charge is 0.496 e. The number of rotatable bonds is 7. The zero-order valence-corrected chi connectivity index (χ0v) is 16.1. The van der Waals surface area contributed by atoms with Gasteiger partial charge in [-0.25, -0.2) is 9.67 Å². The SMILES string of the molecule is CCCn1nc(C(=O)NC(c2ccccc2OC)c2nccn2C)ccc1=O. The molecule has 0 bridgehead atoms.